The molecule has 0 bridgehead atoms. The van der Waals surface area contributed by atoms with Crippen LogP contribution in [-0.4, -0.2) is 15.9 Å². The van der Waals surface area contributed by atoms with Gasteiger partial charge in [-0.3, -0.25) is 19.9 Å². The number of aromatic amines is 1. The molecule has 1 heterocycles. The molecule has 0 aliphatic carbocycles. The Bertz CT molecular complexity index is 1060. The molecule has 0 saturated carbocycles. The Hall–Kier alpha value is -3.41. The topological polar surface area (TPSA) is 101 Å². The number of anilines is 2. The van der Waals surface area contributed by atoms with Crippen LogP contribution in [-0.2, 0) is 30.5 Å². The van der Waals surface area contributed by atoms with E-state index in [4.69, 9.17) is 5.73 Å². The molecule has 3 aromatic rings. The van der Waals surface area contributed by atoms with Crippen LogP contribution in [0.4, 0.5) is 11.6 Å². The van der Waals surface area contributed by atoms with Crippen molar-refractivity contribution in [3.8, 4) is 0 Å². The monoisotopic (exact) mass is 432 g/mol. The van der Waals surface area contributed by atoms with Gasteiger partial charge in [0.05, 0.1) is 5.69 Å². The summed E-state index contributed by atoms with van der Waals surface area (Å²) >= 11 is 0. The van der Waals surface area contributed by atoms with Gasteiger partial charge in [-0.2, -0.15) is 0 Å². The largest absolute Gasteiger partial charge is 0.399 e. The molecule has 0 aliphatic rings. The van der Waals surface area contributed by atoms with Gasteiger partial charge in [-0.15, -0.1) is 0 Å². The summed E-state index contributed by atoms with van der Waals surface area (Å²) in [5.41, 5.74) is 10.4. The van der Waals surface area contributed by atoms with Crippen molar-refractivity contribution in [2.24, 2.45) is 0 Å². The van der Waals surface area contributed by atoms with Gasteiger partial charge in [0.1, 0.15) is 0 Å². The van der Waals surface area contributed by atoms with Gasteiger partial charge in [-0.1, -0.05) is 42.5 Å². The van der Waals surface area contributed by atoms with Crippen molar-refractivity contribution in [2.45, 2.75) is 58.3 Å². The minimum Gasteiger partial charge on any atom is -0.399 e. The van der Waals surface area contributed by atoms with Crippen molar-refractivity contribution >= 4 is 17.5 Å². The Labute approximate surface area is 189 Å². The third kappa shape index (κ3) is 7.38. The summed E-state index contributed by atoms with van der Waals surface area (Å²) < 4.78 is 0. The summed E-state index contributed by atoms with van der Waals surface area (Å²) in [4.78, 5) is 31.4. The van der Waals surface area contributed by atoms with Crippen molar-refractivity contribution in [3.05, 3.63) is 87.3 Å². The number of benzene rings is 2. The van der Waals surface area contributed by atoms with Gasteiger partial charge in [-0.25, -0.2) is 4.98 Å². The number of amides is 1. The van der Waals surface area contributed by atoms with Crippen LogP contribution in [0.5, 0.6) is 0 Å². The van der Waals surface area contributed by atoms with Gasteiger partial charge in [0, 0.05) is 18.2 Å². The Balaban J connectivity index is 1.61. The lowest BCUT2D eigenvalue weighted by molar-refractivity contribution is -0.114. The molecule has 0 saturated heterocycles. The van der Waals surface area contributed by atoms with Gasteiger partial charge in [0.15, 0.2) is 0 Å². The average molecular weight is 433 g/mol. The maximum atomic E-state index is 12.7. The number of nitrogens with two attached hydrogens (primary N) is 1. The zero-order valence-electron chi connectivity index (χ0n) is 18.7. The molecule has 1 amide bonds. The molecular formula is C26H32N4O2. The third-order valence-electron chi connectivity index (χ3n) is 5.49. The van der Waals surface area contributed by atoms with Crippen LogP contribution in [0, 0.1) is 0 Å². The fraction of sp³-hybridized carbons (Fsp3) is 0.346. The molecule has 6 nitrogen and oxygen atoms in total. The first-order valence-electron chi connectivity index (χ1n) is 11.3. The highest BCUT2D eigenvalue weighted by atomic mass is 16.1. The second-order valence-electron chi connectivity index (χ2n) is 8.16. The van der Waals surface area contributed by atoms with Crippen LogP contribution in [0.1, 0.15) is 55.0 Å². The number of hydrogen-bond donors (Lipinski definition) is 3. The van der Waals surface area contributed by atoms with E-state index in [1.165, 1.54) is 18.1 Å². The lowest BCUT2D eigenvalue weighted by atomic mass is 10.0. The maximum absolute atomic E-state index is 12.7. The SMILES string of the molecule is CC(=O)Nc1nc(CCCCc2ccc(N)cc2)c(CCCCc2ccccc2)c(=O)[nH]1. The Kier molecular flexibility index (Phi) is 8.61. The molecule has 3 rings (SSSR count). The fourth-order valence-electron chi connectivity index (χ4n) is 3.82. The van der Waals surface area contributed by atoms with E-state index in [0.29, 0.717) is 12.8 Å². The number of nitrogens with zero attached hydrogens (tertiary/aromatic N) is 1. The standard InChI is InChI=1S/C26H32N4O2/c1-19(31)28-26-29-24(14-8-6-12-21-15-17-22(27)18-16-21)23(25(32)30-26)13-7-5-11-20-9-3-2-4-10-20/h2-4,9-10,15-18H,5-8,11-14,27H2,1H3,(H2,28,29,30,31,32). The first kappa shape index (κ1) is 23.3. The highest BCUT2D eigenvalue weighted by molar-refractivity contribution is 5.86. The number of nitrogens with one attached hydrogen (secondary N) is 2. The second kappa shape index (κ2) is 11.8. The number of unbranched alkanes of at least 4 members (excludes halogenated alkanes) is 2. The number of carbonyl (C=O) groups is 1. The molecule has 0 fully saturated rings. The number of H-pyrrole nitrogens is 1. The number of nitrogen functional groups attached to an aromatic ring is 1. The van der Waals surface area contributed by atoms with Crippen LogP contribution in [0.2, 0.25) is 0 Å². The molecule has 32 heavy (non-hydrogen) atoms. The van der Waals surface area contributed by atoms with E-state index in [9.17, 15) is 9.59 Å². The van der Waals surface area contributed by atoms with E-state index < -0.39 is 0 Å². The van der Waals surface area contributed by atoms with Crippen molar-refractivity contribution in [2.75, 3.05) is 11.1 Å². The van der Waals surface area contributed by atoms with Crippen LogP contribution in [0.25, 0.3) is 0 Å². The quantitative estimate of drug-likeness (QED) is 0.308. The molecule has 0 aliphatic heterocycles. The molecule has 1 aromatic heterocycles. The number of rotatable bonds is 11. The van der Waals surface area contributed by atoms with Gasteiger partial charge in [0.2, 0.25) is 11.9 Å². The van der Waals surface area contributed by atoms with E-state index in [-0.39, 0.29) is 17.4 Å². The van der Waals surface area contributed by atoms with E-state index in [1.54, 1.807) is 0 Å². The van der Waals surface area contributed by atoms with Gasteiger partial charge < -0.3 is 5.73 Å². The van der Waals surface area contributed by atoms with E-state index in [2.05, 4.69) is 27.4 Å². The highest BCUT2D eigenvalue weighted by Crippen LogP contribution is 2.15. The first-order valence-corrected chi connectivity index (χ1v) is 11.3. The van der Waals surface area contributed by atoms with Crippen molar-refractivity contribution in [3.63, 3.8) is 0 Å². The van der Waals surface area contributed by atoms with Crippen molar-refractivity contribution in [1.82, 2.24) is 9.97 Å². The normalized spacial score (nSPS) is 10.8. The second-order valence-corrected chi connectivity index (χ2v) is 8.16. The molecular weight excluding hydrogens is 400 g/mol. The number of carbonyl (C=O) groups excluding carboxylic acids is 1. The van der Waals surface area contributed by atoms with Gasteiger partial charge in [0.25, 0.3) is 5.56 Å². The summed E-state index contributed by atoms with van der Waals surface area (Å²) in [6.45, 7) is 1.41. The fourth-order valence-corrected chi connectivity index (χ4v) is 3.82. The summed E-state index contributed by atoms with van der Waals surface area (Å²) in [5, 5.41) is 2.61. The lowest BCUT2D eigenvalue weighted by Gasteiger charge is -2.11. The van der Waals surface area contributed by atoms with Crippen LogP contribution in [0.15, 0.2) is 59.4 Å². The van der Waals surface area contributed by atoms with Crippen LogP contribution in [0.3, 0.4) is 0 Å². The zero-order chi connectivity index (χ0) is 22.8. The average Bonchev–Trinajstić information content (AvgIpc) is 2.77. The van der Waals surface area contributed by atoms with E-state index in [0.717, 1.165) is 55.5 Å². The molecule has 0 spiro atoms. The van der Waals surface area contributed by atoms with Crippen molar-refractivity contribution < 1.29 is 4.79 Å². The third-order valence-corrected chi connectivity index (χ3v) is 5.49. The molecule has 0 radical (unpaired) electrons. The Morgan fingerprint density at radius 1 is 0.875 bits per heavy atom. The highest BCUT2D eigenvalue weighted by Gasteiger charge is 2.12. The zero-order valence-corrected chi connectivity index (χ0v) is 18.7. The lowest BCUT2D eigenvalue weighted by Crippen LogP contribution is -2.22. The molecule has 0 atom stereocenters. The minimum absolute atomic E-state index is 0.156. The first-order chi connectivity index (χ1) is 15.5. The number of aryl methyl sites for hydroxylation is 3. The molecule has 2 aromatic carbocycles. The summed E-state index contributed by atoms with van der Waals surface area (Å²) in [6, 6.07) is 18.3. The Morgan fingerprint density at radius 3 is 2.12 bits per heavy atom. The molecule has 168 valence electrons. The van der Waals surface area contributed by atoms with E-state index in [1.807, 2.05) is 42.5 Å². The van der Waals surface area contributed by atoms with Crippen molar-refractivity contribution in [1.29, 1.82) is 0 Å². The number of hydrogen-bond acceptors (Lipinski definition) is 4. The summed E-state index contributed by atoms with van der Waals surface area (Å²) in [6.07, 6.45) is 7.16. The molecule has 6 heteroatoms. The summed E-state index contributed by atoms with van der Waals surface area (Å²) in [7, 11) is 0. The van der Waals surface area contributed by atoms with Crippen LogP contribution < -0.4 is 16.6 Å². The number of aromatic nitrogens is 2. The molecule has 0 unspecified atom stereocenters. The van der Waals surface area contributed by atoms with Gasteiger partial charge in [-0.05, 0) is 74.6 Å². The summed E-state index contributed by atoms with van der Waals surface area (Å²) in [5.74, 6) is -0.0258. The maximum Gasteiger partial charge on any atom is 0.255 e. The predicted molar refractivity (Wildman–Crippen MR) is 130 cm³/mol. The Morgan fingerprint density at radius 2 is 1.47 bits per heavy atom. The molecule has 4 N–H and O–H groups in total. The smallest absolute Gasteiger partial charge is 0.255 e. The predicted octanol–water partition coefficient (Wildman–Crippen LogP) is 4.44. The van der Waals surface area contributed by atoms with Gasteiger partial charge >= 0.3 is 0 Å². The minimum atomic E-state index is -0.252. The van der Waals surface area contributed by atoms with Crippen LogP contribution >= 0.6 is 0 Å². The van der Waals surface area contributed by atoms with E-state index >= 15 is 0 Å².